The molecule has 1 saturated carbocycles. The minimum absolute atomic E-state index is 0.0984. The van der Waals surface area contributed by atoms with E-state index in [9.17, 15) is 5.11 Å². The van der Waals surface area contributed by atoms with Crippen LogP contribution < -0.4 is 0 Å². The van der Waals surface area contributed by atoms with Gasteiger partial charge in [-0.2, -0.15) is 0 Å². The summed E-state index contributed by atoms with van der Waals surface area (Å²) >= 11 is 0. The Morgan fingerprint density at radius 2 is 2.05 bits per heavy atom. The van der Waals surface area contributed by atoms with Crippen molar-refractivity contribution in [1.82, 2.24) is 9.55 Å². The zero-order valence-corrected chi connectivity index (χ0v) is 12.5. The van der Waals surface area contributed by atoms with Crippen molar-refractivity contribution in [2.75, 3.05) is 13.2 Å². The maximum absolute atomic E-state index is 10.9. The van der Waals surface area contributed by atoms with Crippen LogP contribution in [0.5, 0.6) is 0 Å². The maximum Gasteiger partial charge on any atom is 0.0956 e. The largest absolute Gasteiger partial charge is 0.392 e. The maximum atomic E-state index is 10.9. The van der Waals surface area contributed by atoms with Gasteiger partial charge in [0.15, 0.2) is 0 Å². The zero-order valence-electron chi connectivity index (χ0n) is 12.5. The fraction of sp³-hybridized carbons (Fsp3) is 0.500. The molecule has 1 saturated heterocycles. The molecule has 1 aliphatic carbocycles. The summed E-state index contributed by atoms with van der Waals surface area (Å²) in [5.74, 6) is 0.287. The van der Waals surface area contributed by atoms with E-state index in [-0.39, 0.29) is 23.5 Å². The molecule has 3 aliphatic rings. The number of hydrogen-bond donors (Lipinski definition) is 1. The molecular formula is C18H20N2O2. The van der Waals surface area contributed by atoms with E-state index in [4.69, 9.17) is 4.74 Å². The third-order valence-corrected chi connectivity index (χ3v) is 6.09. The second kappa shape index (κ2) is 4.43. The van der Waals surface area contributed by atoms with Gasteiger partial charge in [0.1, 0.15) is 0 Å². The molecule has 1 spiro atoms. The molecule has 1 unspecified atom stereocenters. The number of aromatic nitrogens is 2. The van der Waals surface area contributed by atoms with Gasteiger partial charge in [-0.25, -0.2) is 4.98 Å². The van der Waals surface area contributed by atoms with Crippen LogP contribution in [0, 0.1) is 11.3 Å². The Morgan fingerprint density at radius 3 is 2.86 bits per heavy atom. The lowest BCUT2D eigenvalue weighted by Crippen LogP contribution is -2.57. The highest BCUT2D eigenvalue weighted by atomic mass is 16.5. The van der Waals surface area contributed by atoms with Crippen LogP contribution in [0.2, 0.25) is 0 Å². The van der Waals surface area contributed by atoms with Crippen LogP contribution in [-0.2, 0) is 4.74 Å². The number of nitrogens with zero attached hydrogens (tertiary/aromatic N) is 2. The van der Waals surface area contributed by atoms with Gasteiger partial charge in [0.2, 0.25) is 0 Å². The van der Waals surface area contributed by atoms with Crippen LogP contribution >= 0.6 is 0 Å². The predicted octanol–water partition coefficient (Wildman–Crippen LogP) is 2.63. The first kappa shape index (κ1) is 12.9. The Bertz CT molecular complexity index is 717. The van der Waals surface area contributed by atoms with Crippen LogP contribution in [0.1, 0.15) is 30.9 Å². The molecule has 4 heteroatoms. The quantitative estimate of drug-likeness (QED) is 0.880. The summed E-state index contributed by atoms with van der Waals surface area (Å²) in [5, 5.41) is 10.9. The minimum Gasteiger partial charge on any atom is -0.392 e. The van der Waals surface area contributed by atoms with E-state index in [1.165, 1.54) is 16.8 Å². The lowest BCUT2D eigenvalue weighted by molar-refractivity contribution is -0.173. The van der Waals surface area contributed by atoms with Crippen molar-refractivity contribution in [3.05, 3.63) is 42.4 Å². The van der Waals surface area contributed by atoms with Crippen LogP contribution in [0.15, 0.2) is 36.8 Å². The summed E-state index contributed by atoms with van der Waals surface area (Å²) < 4.78 is 7.74. The lowest BCUT2D eigenvalue weighted by Gasteiger charge is -2.56. The predicted molar refractivity (Wildman–Crippen MR) is 82.4 cm³/mol. The molecule has 2 aliphatic heterocycles. The molecule has 1 aromatic heterocycles. The molecule has 1 aromatic carbocycles. The number of aliphatic hydroxyl groups excluding tert-OH is 1. The van der Waals surface area contributed by atoms with Crippen LogP contribution in [0.25, 0.3) is 11.3 Å². The van der Waals surface area contributed by atoms with Crippen molar-refractivity contribution >= 4 is 0 Å². The second-order valence-corrected chi connectivity index (χ2v) is 7.01. The summed E-state index contributed by atoms with van der Waals surface area (Å²) in [6.07, 6.45) is 6.71. The summed E-state index contributed by atoms with van der Waals surface area (Å²) in [6.45, 7) is 1.59. The van der Waals surface area contributed by atoms with Crippen molar-refractivity contribution in [2.45, 2.75) is 31.4 Å². The number of imidazole rings is 1. The van der Waals surface area contributed by atoms with Crippen LogP contribution in [0.4, 0.5) is 0 Å². The van der Waals surface area contributed by atoms with Crippen molar-refractivity contribution in [2.24, 2.45) is 11.3 Å². The van der Waals surface area contributed by atoms with Crippen molar-refractivity contribution in [1.29, 1.82) is 0 Å². The number of aliphatic hydroxyl groups is 1. The molecule has 3 heterocycles. The summed E-state index contributed by atoms with van der Waals surface area (Å²) in [6, 6.07) is 8.78. The van der Waals surface area contributed by atoms with Crippen molar-refractivity contribution < 1.29 is 9.84 Å². The van der Waals surface area contributed by atoms with Gasteiger partial charge in [-0.05, 0) is 24.8 Å². The van der Waals surface area contributed by atoms with Crippen molar-refractivity contribution in [3.63, 3.8) is 0 Å². The average molecular weight is 296 g/mol. The number of hydrogen-bond acceptors (Lipinski definition) is 3. The molecule has 0 bridgehead atoms. The zero-order chi connectivity index (χ0) is 14.7. The van der Waals surface area contributed by atoms with E-state index >= 15 is 0 Å². The molecule has 3 atom stereocenters. The summed E-state index contributed by atoms with van der Waals surface area (Å²) in [5.41, 5.74) is 3.89. The smallest absolute Gasteiger partial charge is 0.0956 e. The first-order valence-electron chi connectivity index (χ1n) is 8.17. The Labute approximate surface area is 129 Å². The highest BCUT2D eigenvalue weighted by molar-refractivity contribution is 5.69. The Morgan fingerprint density at radius 1 is 1.23 bits per heavy atom. The summed E-state index contributed by atoms with van der Waals surface area (Å²) in [7, 11) is 0. The van der Waals surface area contributed by atoms with Gasteiger partial charge in [-0.3, -0.25) is 0 Å². The average Bonchev–Trinajstić information content (AvgIpc) is 3.14. The van der Waals surface area contributed by atoms with Gasteiger partial charge in [-0.15, -0.1) is 0 Å². The lowest BCUT2D eigenvalue weighted by atomic mass is 9.53. The van der Waals surface area contributed by atoms with Gasteiger partial charge in [-0.1, -0.05) is 24.3 Å². The molecular weight excluding hydrogens is 276 g/mol. The Hall–Kier alpha value is -1.65. The summed E-state index contributed by atoms with van der Waals surface area (Å²) in [4.78, 5) is 4.32. The van der Waals surface area contributed by atoms with Crippen LogP contribution in [0.3, 0.4) is 0 Å². The van der Waals surface area contributed by atoms with Gasteiger partial charge in [0, 0.05) is 30.1 Å². The fourth-order valence-corrected chi connectivity index (χ4v) is 4.87. The third-order valence-electron chi connectivity index (χ3n) is 6.09. The number of ether oxygens (including phenoxy) is 1. The molecule has 5 rings (SSSR count). The molecule has 2 aromatic rings. The monoisotopic (exact) mass is 296 g/mol. The molecule has 0 radical (unpaired) electrons. The van der Waals surface area contributed by atoms with Gasteiger partial charge < -0.3 is 14.4 Å². The Kier molecular flexibility index (Phi) is 2.59. The van der Waals surface area contributed by atoms with E-state index in [0.29, 0.717) is 0 Å². The van der Waals surface area contributed by atoms with E-state index in [1.54, 1.807) is 0 Å². The molecule has 4 nitrogen and oxygen atoms in total. The SMILES string of the molecule is O[C@H]1[C@@H](C2c3ccccc3-c3cncn32)CC12CCOCC2. The van der Waals surface area contributed by atoms with Gasteiger partial charge in [0.25, 0.3) is 0 Å². The van der Waals surface area contributed by atoms with E-state index in [1.807, 2.05) is 12.5 Å². The Balaban J connectivity index is 1.52. The molecule has 1 N–H and O–H groups in total. The number of rotatable bonds is 1. The number of fused-ring (bicyclic) bond motifs is 3. The van der Waals surface area contributed by atoms with Crippen molar-refractivity contribution in [3.8, 4) is 11.3 Å². The minimum atomic E-state index is -0.234. The van der Waals surface area contributed by atoms with Gasteiger partial charge in [0.05, 0.1) is 30.4 Å². The first-order chi connectivity index (χ1) is 10.8. The highest BCUT2D eigenvalue weighted by Crippen LogP contribution is 2.59. The van der Waals surface area contributed by atoms with E-state index in [2.05, 4.69) is 33.8 Å². The molecule has 22 heavy (non-hydrogen) atoms. The third kappa shape index (κ3) is 1.52. The fourth-order valence-electron chi connectivity index (χ4n) is 4.87. The molecule has 0 amide bonds. The van der Waals surface area contributed by atoms with E-state index in [0.717, 1.165) is 32.5 Å². The van der Waals surface area contributed by atoms with Crippen LogP contribution in [-0.4, -0.2) is 34.0 Å². The first-order valence-corrected chi connectivity index (χ1v) is 8.17. The standard InChI is InChI=1S/C18H20N2O2/c21-17-14(9-18(17)5-7-22-8-6-18)16-13-4-2-1-3-12(13)15-10-19-11-20(15)16/h1-4,10-11,14,16-17,21H,5-9H2/t14-,16?,17+/m1/s1. The normalized spacial score (nSPS) is 31.6. The number of benzene rings is 1. The topological polar surface area (TPSA) is 47.3 Å². The van der Waals surface area contributed by atoms with E-state index < -0.39 is 0 Å². The highest BCUT2D eigenvalue weighted by Gasteiger charge is 2.57. The second-order valence-electron chi connectivity index (χ2n) is 7.01. The molecule has 2 fully saturated rings. The van der Waals surface area contributed by atoms with Gasteiger partial charge >= 0.3 is 0 Å². The molecule has 114 valence electrons.